The predicted octanol–water partition coefficient (Wildman–Crippen LogP) is 3.24. The van der Waals surface area contributed by atoms with E-state index in [1.54, 1.807) is 4.90 Å². The Balaban J connectivity index is 1.61. The number of hydrogen-bond acceptors (Lipinski definition) is 5. The van der Waals surface area contributed by atoms with Crippen LogP contribution in [0.25, 0.3) is 0 Å². The number of nitrogens with zero attached hydrogens (tertiary/aromatic N) is 3. The number of amides is 1. The molecule has 1 aliphatic carbocycles. The zero-order valence-corrected chi connectivity index (χ0v) is 13.9. The third kappa shape index (κ3) is 3.25. The molecule has 0 unspecified atom stereocenters. The van der Waals surface area contributed by atoms with Crippen molar-refractivity contribution in [2.24, 2.45) is 0 Å². The summed E-state index contributed by atoms with van der Waals surface area (Å²) in [6.07, 6.45) is 3.74. The molecule has 1 amide bonds. The molecule has 6 nitrogen and oxygen atoms in total. The first-order valence-corrected chi connectivity index (χ1v) is 8.09. The van der Waals surface area contributed by atoms with Crippen LogP contribution in [0.5, 0.6) is 0 Å². The van der Waals surface area contributed by atoms with Gasteiger partial charge in [0.25, 0.3) is 0 Å². The molecule has 122 valence electrons. The van der Waals surface area contributed by atoms with Crippen LogP contribution in [-0.4, -0.2) is 39.8 Å². The molecule has 6 heteroatoms. The zero-order valence-electron chi connectivity index (χ0n) is 13.9. The Hall–Kier alpha value is -1.59. The van der Waals surface area contributed by atoms with Gasteiger partial charge in [0.15, 0.2) is 5.82 Å². The van der Waals surface area contributed by atoms with Crippen LogP contribution in [0, 0.1) is 0 Å². The van der Waals surface area contributed by atoms with Crippen molar-refractivity contribution < 1.29 is 14.1 Å². The van der Waals surface area contributed by atoms with E-state index in [-0.39, 0.29) is 11.5 Å². The summed E-state index contributed by atoms with van der Waals surface area (Å²) in [4.78, 5) is 18.5. The lowest BCUT2D eigenvalue weighted by molar-refractivity contribution is 0.0167. The lowest BCUT2D eigenvalue weighted by Gasteiger charge is -2.37. The smallest absolute Gasteiger partial charge is 0.410 e. The molecule has 1 aromatic heterocycles. The average Bonchev–Trinajstić information content (AvgIpc) is 3.14. The van der Waals surface area contributed by atoms with Crippen LogP contribution < -0.4 is 0 Å². The van der Waals surface area contributed by atoms with E-state index in [1.165, 1.54) is 0 Å². The molecule has 2 heterocycles. The summed E-state index contributed by atoms with van der Waals surface area (Å²) in [5.74, 6) is 2.05. The lowest BCUT2D eigenvalue weighted by atomic mass is 9.80. The molecule has 0 atom stereocenters. The summed E-state index contributed by atoms with van der Waals surface area (Å²) >= 11 is 0. The van der Waals surface area contributed by atoms with E-state index in [1.807, 2.05) is 20.8 Å². The van der Waals surface area contributed by atoms with Gasteiger partial charge in [0.1, 0.15) is 5.60 Å². The van der Waals surface area contributed by atoms with E-state index in [9.17, 15) is 4.79 Å². The molecule has 1 saturated heterocycles. The summed E-state index contributed by atoms with van der Waals surface area (Å²) in [5.41, 5.74) is -0.570. The number of piperidine rings is 1. The van der Waals surface area contributed by atoms with Crippen molar-refractivity contribution in [3.8, 4) is 0 Å². The van der Waals surface area contributed by atoms with Crippen LogP contribution in [0.4, 0.5) is 4.79 Å². The minimum Gasteiger partial charge on any atom is -0.444 e. The summed E-state index contributed by atoms with van der Waals surface area (Å²) < 4.78 is 10.8. The third-order valence-electron chi connectivity index (χ3n) is 4.43. The maximum Gasteiger partial charge on any atom is 0.410 e. The van der Waals surface area contributed by atoms with Crippen LogP contribution >= 0.6 is 0 Å². The SMILES string of the molecule is CC(C)(C)OC(=O)N1CCC(C)(c2noc(C3CC3)n2)CC1. The summed E-state index contributed by atoms with van der Waals surface area (Å²) in [6.45, 7) is 9.14. The molecule has 0 bridgehead atoms. The predicted molar refractivity (Wildman–Crippen MR) is 80.7 cm³/mol. The van der Waals surface area contributed by atoms with Gasteiger partial charge in [-0.3, -0.25) is 0 Å². The Morgan fingerprint density at radius 1 is 1.32 bits per heavy atom. The second-order valence-corrected chi connectivity index (χ2v) is 7.76. The first kappa shape index (κ1) is 15.3. The highest BCUT2D eigenvalue weighted by molar-refractivity contribution is 5.68. The van der Waals surface area contributed by atoms with Crippen LogP contribution in [0.15, 0.2) is 4.52 Å². The summed E-state index contributed by atoms with van der Waals surface area (Å²) in [7, 11) is 0. The fourth-order valence-corrected chi connectivity index (χ4v) is 2.71. The van der Waals surface area contributed by atoms with Gasteiger partial charge in [0.05, 0.1) is 0 Å². The van der Waals surface area contributed by atoms with Gasteiger partial charge < -0.3 is 14.2 Å². The van der Waals surface area contributed by atoms with Gasteiger partial charge in [-0.15, -0.1) is 0 Å². The standard InChI is InChI=1S/C16H25N3O3/c1-15(2,3)21-14(20)19-9-7-16(4,8-10-19)13-17-12(22-18-13)11-5-6-11/h11H,5-10H2,1-4H3. The molecule has 22 heavy (non-hydrogen) atoms. The Kier molecular flexibility index (Phi) is 3.65. The molecule has 0 spiro atoms. The maximum atomic E-state index is 12.1. The highest BCUT2D eigenvalue weighted by Crippen LogP contribution is 2.41. The molecule has 0 aromatic carbocycles. The average molecular weight is 307 g/mol. The topological polar surface area (TPSA) is 68.5 Å². The Labute approximate surface area is 131 Å². The van der Waals surface area contributed by atoms with E-state index in [4.69, 9.17) is 9.26 Å². The summed E-state index contributed by atoms with van der Waals surface area (Å²) in [5, 5.41) is 4.18. The molecule has 0 radical (unpaired) electrons. The monoisotopic (exact) mass is 307 g/mol. The Morgan fingerprint density at radius 3 is 2.50 bits per heavy atom. The van der Waals surface area contributed by atoms with E-state index in [0.29, 0.717) is 19.0 Å². The first-order chi connectivity index (χ1) is 10.3. The molecular formula is C16H25N3O3. The normalized spacial score (nSPS) is 21.7. The van der Waals surface area contributed by atoms with Gasteiger partial charge in [-0.2, -0.15) is 4.98 Å². The number of carbonyl (C=O) groups is 1. The first-order valence-electron chi connectivity index (χ1n) is 8.09. The van der Waals surface area contributed by atoms with Gasteiger partial charge in [-0.05, 0) is 46.5 Å². The van der Waals surface area contributed by atoms with E-state index in [2.05, 4.69) is 17.1 Å². The number of aromatic nitrogens is 2. The van der Waals surface area contributed by atoms with Crippen LogP contribution in [0.1, 0.15) is 71.0 Å². The van der Waals surface area contributed by atoms with Crippen molar-refractivity contribution in [2.75, 3.05) is 13.1 Å². The fourth-order valence-electron chi connectivity index (χ4n) is 2.71. The van der Waals surface area contributed by atoms with Crippen molar-refractivity contribution in [3.05, 3.63) is 11.7 Å². The van der Waals surface area contributed by atoms with Crippen molar-refractivity contribution in [1.82, 2.24) is 15.0 Å². The lowest BCUT2D eigenvalue weighted by Crippen LogP contribution is -2.46. The second-order valence-electron chi connectivity index (χ2n) is 7.76. The molecule has 1 saturated carbocycles. The largest absolute Gasteiger partial charge is 0.444 e. The molecule has 0 N–H and O–H groups in total. The number of carbonyl (C=O) groups excluding carboxylic acids is 1. The zero-order chi connectivity index (χ0) is 16.0. The van der Waals surface area contributed by atoms with E-state index < -0.39 is 5.60 Å². The number of ether oxygens (including phenoxy) is 1. The van der Waals surface area contributed by atoms with Gasteiger partial charge in [-0.1, -0.05) is 12.1 Å². The van der Waals surface area contributed by atoms with Gasteiger partial charge >= 0.3 is 6.09 Å². The minimum atomic E-state index is -0.454. The number of likely N-dealkylation sites (tertiary alicyclic amines) is 1. The molecule has 2 aliphatic rings. The number of rotatable bonds is 2. The highest BCUT2D eigenvalue weighted by Gasteiger charge is 2.39. The van der Waals surface area contributed by atoms with Crippen LogP contribution in [-0.2, 0) is 10.2 Å². The molecule has 1 aromatic rings. The third-order valence-corrected chi connectivity index (χ3v) is 4.43. The van der Waals surface area contributed by atoms with Crippen molar-refractivity contribution in [3.63, 3.8) is 0 Å². The van der Waals surface area contributed by atoms with Crippen molar-refractivity contribution >= 4 is 6.09 Å². The van der Waals surface area contributed by atoms with E-state index >= 15 is 0 Å². The number of hydrogen-bond donors (Lipinski definition) is 0. The molecular weight excluding hydrogens is 282 g/mol. The highest BCUT2D eigenvalue weighted by atomic mass is 16.6. The molecule has 3 rings (SSSR count). The summed E-state index contributed by atoms with van der Waals surface area (Å²) in [6, 6.07) is 0. The maximum absolute atomic E-state index is 12.1. The second kappa shape index (κ2) is 5.25. The van der Waals surface area contributed by atoms with Gasteiger partial charge in [0, 0.05) is 24.4 Å². The molecule has 2 fully saturated rings. The van der Waals surface area contributed by atoms with Crippen molar-refractivity contribution in [1.29, 1.82) is 0 Å². The Morgan fingerprint density at radius 2 is 1.95 bits per heavy atom. The Bertz CT molecular complexity index is 549. The molecule has 1 aliphatic heterocycles. The quantitative estimate of drug-likeness (QED) is 0.839. The van der Waals surface area contributed by atoms with Crippen LogP contribution in [0.2, 0.25) is 0 Å². The van der Waals surface area contributed by atoms with Gasteiger partial charge in [-0.25, -0.2) is 4.79 Å². The van der Waals surface area contributed by atoms with E-state index in [0.717, 1.165) is 37.4 Å². The minimum absolute atomic E-state index is 0.116. The van der Waals surface area contributed by atoms with Gasteiger partial charge in [0.2, 0.25) is 5.89 Å². The van der Waals surface area contributed by atoms with Crippen LogP contribution in [0.3, 0.4) is 0 Å². The fraction of sp³-hybridized carbons (Fsp3) is 0.812. The van der Waals surface area contributed by atoms with Crippen molar-refractivity contribution in [2.45, 2.75) is 70.3 Å².